The molecular weight excluding hydrogens is 382 g/mol. The third-order valence-corrected chi connectivity index (χ3v) is 5.64. The summed E-state index contributed by atoms with van der Waals surface area (Å²) in [5.41, 5.74) is 0.791. The van der Waals surface area contributed by atoms with Crippen LogP contribution in [-0.2, 0) is 26.2 Å². The number of benzene rings is 2. The number of rotatable bonds is 9. The molecule has 1 aliphatic carbocycles. The molecule has 0 saturated heterocycles. The molecule has 2 aromatic carbocycles. The molecule has 0 spiro atoms. The average Bonchev–Trinajstić information content (AvgIpc) is 3.51. The van der Waals surface area contributed by atoms with Gasteiger partial charge in [0.2, 0.25) is 5.91 Å². The molecule has 2 aromatic rings. The number of hydrogen-bond donors (Lipinski definition) is 0. The first-order valence-corrected chi connectivity index (χ1v) is 10.3. The highest BCUT2D eigenvalue weighted by molar-refractivity contribution is 7.87. The number of hydrogen-bond acceptors (Lipinski definition) is 6. The molecule has 8 heteroatoms. The number of amides is 1. The molecule has 0 atom stereocenters. The Morgan fingerprint density at radius 1 is 1.07 bits per heavy atom. The summed E-state index contributed by atoms with van der Waals surface area (Å²) in [6, 6.07) is 12.9. The molecule has 0 N–H and O–H groups in total. The molecule has 1 saturated carbocycles. The van der Waals surface area contributed by atoms with E-state index in [1.807, 2.05) is 6.07 Å². The van der Waals surface area contributed by atoms with Crippen molar-refractivity contribution in [2.45, 2.75) is 30.3 Å². The Balaban J connectivity index is 1.74. The summed E-state index contributed by atoms with van der Waals surface area (Å²) in [7, 11) is -0.973. The van der Waals surface area contributed by atoms with E-state index in [2.05, 4.69) is 0 Å². The zero-order valence-corrected chi connectivity index (χ0v) is 16.6. The van der Waals surface area contributed by atoms with Crippen molar-refractivity contribution < 1.29 is 26.9 Å². The van der Waals surface area contributed by atoms with Crippen molar-refractivity contribution in [2.24, 2.45) is 0 Å². The van der Waals surface area contributed by atoms with E-state index < -0.39 is 10.1 Å². The monoisotopic (exact) mass is 405 g/mol. The van der Waals surface area contributed by atoms with Crippen molar-refractivity contribution in [1.82, 2.24) is 4.90 Å². The second-order valence-electron chi connectivity index (χ2n) is 6.55. The molecule has 3 rings (SSSR count). The largest absolute Gasteiger partial charge is 0.497 e. The van der Waals surface area contributed by atoms with Gasteiger partial charge in [0.15, 0.2) is 0 Å². The summed E-state index contributed by atoms with van der Waals surface area (Å²) in [6.45, 7) is 0.408. The first-order valence-electron chi connectivity index (χ1n) is 8.89. The van der Waals surface area contributed by atoms with Crippen molar-refractivity contribution in [3.8, 4) is 11.5 Å². The quantitative estimate of drug-likeness (QED) is 0.597. The van der Waals surface area contributed by atoms with Gasteiger partial charge < -0.3 is 18.6 Å². The lowest BCUT2D eigenvalue weighted by molar-refractivity contribution is -0.136. The minimum atomic E-state index is -3.97. The van der Waals surface area contributed by atoms with Gasteiger partial charge in [0, 0.05) is 19.7 Å². The van der Waals surface area contributed by atoms with E-state index in [1.165, 1.54) is 26.4 Å². The van der Waals surface area contributed by atoms with Gasteiger partial charge in [0.1, 0.15) is 23.0 Å². The highest BCUT2D eigenvalue weighted by atomic mass is 32.2. The maximum absolute atomic E-state index is 12.5. The van der Waals surface area contributed by atoms with Crippen LogP contribution in [0.4, 0.5) is 0 Å². The number of ether oxygens (including phenoxy) is 2. The lowest BCUT2D eigenvalue weighted by atomic mass is 10.2. The van der Waals surface area contributed by atoms with E-state index in [0.717, 1.165) is 18.4 Å². The van der Waals surface area contributed by atoms with Crippen LogP contribution < -0.4 is 8.92 Å². The highest BCUT2D eigenvalue weighted by Gasteiger charge is 2.32. The Morgan fingerprint density at radius 2 is 1.79 bits per heavy atom. The van der Waals surface area contributed by atoms with Gasteiger partial charge in [0.25, 0.3) is 0 Å². The van der Waals surface area contributed by atoms with Crippen LogP contribution >= 0.6 is 0 Å². The Bertz CT molecular complexity index is 922. The lowest BCUT2D eigenvalue weighted by Gasteiger charge is -2.22. The second kappa shape index (κ2) is 8.62. The molecule has 0 heterocycles. The van der Waals surface area contributed by atoms with Crippen LogP contribution in [0.15, 0.2) is 53.4 Å². The van der Waals surface area contributed by atoms with E-state index in [0.29, 0.717) is 12.3 Å². The Kier molecular flexibility index (Phi) is 6.21. The molecule has 0 bridgehead atoms. The highest BCUT2D eigenvalue weighted by Crippen LogP contribution is 2.29. The first kappa shape index (κ1) is 20.2. The van der Waals surface area contributed by atoms with Crippen LogP contribution in [0.5, 0.6) is 11.5 Å². The summed E-state index contributed by atoms with van der Waals surface area (Å²) in [5.74, 6) is 0.673. The summed E-state index contributed by atoms with van der Waals surface area (Å²) in [4.78, 5) is 14.0. The van der Waals surface area contributed by atoms with Gasteiger partial charge in [-0.25, -0.2) is 0 Å². The molecule has 0 aromatic heterocycles. The Morgan fingerprint density at radius 3 is 2.39 bits per heavy atom. The fourth-order valence-electron chi connectivity index (χ4n) is 2.82. The zero-order valence-electron chi connectivity index (χ0n) is 15.8. The third kappa shape index (κ3) is 5.02. The second-order valence-corrected chi connectivity index (χ2v) is 8.09. The van der Waals surface area contributed by atoms with Crippen molar-refractivity contribution in [1.29, 1.82) is 0 Å². The molecule has 7 nitrogen and oxygen atoms in total. The van der Waals surface area contributed by atoms with Gasteiger partial charge in [-0.1, -0.05) is 12.1 Å². The van der Waals surface area contributed by atoms with Crippen molar-refractivity contribution in [2.75, 3.05) is 20.8 Å². The smallest absolute Gasteiger partial charge is 0.339 e. The molecular formula is C20H23NO6S. The van der Waals surface area contributed by atoms with E-state index in [4.69, 9.17) is 13.7 Å². The maximum Gasteiger partial charge on any atom is 0.339 e. The Labute approximate surface area is 164 Å². The third-order valence-electron chi connectivity index (χ3n) is 4.38. The predicted molar refractivity (Wildman–Crippen MR) is 103 cm³/mol. The van der Waals surface area contributed by atoms with E-state index in [1.54, 1.807) is 35.2 Å². The van der Waals surface area contributed by atoms with E-state index >= 15 is 0 Å². The summed E-state index contributed by atoms with van der Waals surface area (Å²) < 4.78 is 40.3. The van der Waals surface area contributed by atoms with Gasteiger partial charge in [-0.05, 0) is 54.8 Å². The summed E-state index contributed by atoms with van der Waals surface area (Å²) in [6.07, 6.45) is 1.94. The standard InChI is InChI=1S/C20H23NO6S/c1-25-14-20(22)21(16-6-7-16)13-15-4-3-5-18(12-15)27-28(23,24)19-10-8-17(26-2)9-11-19/h3-5,8-12,16H,6-7,13-14H2,1-2H3. The topological polar surface area (TPSA) is 82.1 Å². The van der Waals surface area contributed by atoms with Crippen LogP contribution in [0.1, 0.15) is 18.4 Å². The molecule has 1 amide bonds. The first-order chi connectivity index (χ1) is 13.4. The van der Waals surface area contributed by atoms with Crippen LogP contribution in [-0.4, -0.2) is 46.1 Å². The van der Waals surface area contributed by atoms with Crippen LogP contribution in [0, 0.1) is 0 Å². The van der Waals surface area contributed by atoms with Crippen molar-refractivity contribution in [3.63, 3.8) is 0 Å². The lowest BCUT2D eigenvalue weighted by Crippen LogP contribution is -2.35. The summed E-state index contributed by atoms with van der Waals surface area (Å²) in [5, 5.41) is 0. The van der Waals surface area contributed by atoms with Gasteiger partial charge in [-0.2, -0.15) is 8.42 Å². The van der Waals surface area contributed by atoms with E-state index in [-0.39, 0.29) is 29.2 Å². The zero-order chi connectivity index (χ0) is 20.1. The van der Waals surface area contributed by atoms with Crippen LogP contribution in [0.3, 0.4) is 0 Å². The fourth-order valence-corrected chi connectivity index (χ4v) is 3.75. The average molecular weight is 405 g/mol. The molecule has 1 fully saturated rings. The normalized spacial score (nSPS) is 13.8. The predicted octanol–water partition coefficient (Wildman–Crippen LogP) is 2.60. The van der Waals surface area contributed by atoms with Crippen LogP contribution in [0.2, 0.25) is 0 Å². The molecule has 1 aliphatic rings. The van der Waals surface area contributed by atoms with Gasteiger partial charge in [-0.3, -0.25) is 4.79 Å². The van der Waals surface area contributed by atoms with Crippen molar-refractivity contribution >= 4 is 16.0 Å². The molecule has 28 heavy (non-hydrogen) atoms. The number of nitrogens with zero attached hydrogens (tertiary/aromatic N) is 1. The molecule has 0 aliphatic heterocycles. The summed E-state index contributed by atoms with van der Waals surface area (Å²) >= 11 is 0. The number of methoxy groups -OCH3 is 2. The Hall–Kier alpha value is -2.58. The number of carbonyl (C=O) groups excluding carboxylic acids is 1. The van der Waals surface area contributed by atoms with E-state index in [9.17, 15) is 13.2 Å². The maximum atomic E-state index is 12.5. The van der Waals surface area contributed by atoms with Gasteiger partial charge >= 0.3 is 10.1 Å². The van der Waals surface area contributed by atoms with Gasteiger partial charge in [0.05, 0.1) is 7.11 Å². The minimum Gasteiger partial charge on any atom is -0.497 e. The molecule has 150 valence electrons. The SMILES string of the molecule is COCC(=O)N(Cc1cccc(OS(=O)(=O)c2ccc(OC)cc2)c1)C1CC1. The number of carbonyl (C=O) groups is 1. The fraction of sp³-hybridized carbons (Fsp3) is 0.350. The molecule has 0 unspecified atom stereocenters. The molecule has 0 radical (unpaired) electrons. The van der Waals surface area contributed by atoms with Gasteiger partial charge in [-0.15, -0.1) is 0 Å². The van der Waals surface area contributed by atoms with Crippen LogP contribution in [0.25, 0.3) is 0 Å². The minimum absolute atomic E-state index is 0.0263. The van der Waals surface area contributed by atoms with Crippen molar-refractivity contribution in [3.05, 3.63) is 54.1 Å².